The minimum absolute atomic E-state index is 0.0153. The summed E-state index contributed by atoms with van der Waals surface area (Å²) in [5, 5.41) is 16.4. The van der Waals surface area contributed by atoms with Gasteiger partial charge in [-0.3, -0.25) is 0 Å². The maximum atomic E-state index is 8.73. The van der Waals surface area contributed by atoms with Crippen molar-refractivity contribution < 1.29 is 14.3 Å². The van der Waals surface area contributed by atoms with Crippen molar-refractivity contribution in [3.8, 4) is 5.75 Å². The summed E-state index contributed by atoms with van der Waals surface area (Å²) in [6.45, 7) is 2.53. The molecule has 0 radical (unpaired) electrons. The van der Waals surface area contributed by atoms with Crippen LogP contribution >= 0.6 is 0 Å². The predicted octanol–water partition coefficient (Wildman–Crippen LogP) is 1.53. The van der Waals surface area contributed by atoms with E-state index in [2.05, 4.69) is 10.2 Å². The summed E-state index contributed by atoms with van der Waals surface area (Å²) in [7, 11) is 0. The van der Waals surface area contributed by atoms with Crippen molar-refractivity contribution in [2.24, 2.45) is 0 Å². The van der Waals surface area contributed by atoms with Gasteiger partial charge >= 0.3 is 0 Å². The third-order valence-electron chi connectivity index (χ3n) is 2.41. The molecular weight excluding hydrogens is 232 g/mol. The fourth-order valence-corrected chi connectivity index (χ4v) is 1.55. The van der Waals surface area contributed by atoms with Crippen LogP contribution in [0.4, 0.5) is 0 Å². The molecule has 1 aromatic heterocycles. The molecule has 5 nitrogen and oxygen atoms in total. The van der Waals surface area contributed by atoms with E-state index in [1.165, 1.54) is 0 Å². The summed E-state index contributed by atoms with van der Waals surface area (Å²) >= 11 is 0. The number of hydrogen-bond acceptors (Lipinski definition) is 5. The van der Waals surface area contributed by atoms with Gasteiger partial charge in [0.2, 0.25) is 11.8 Å². The van der Waals surface area contributed by atoms with Gasteiger partial charge in [0.15, 0.2) is 0 Å². The van der Waals surface area contributed by atoms with Crippen molar-refractivity contribution in [2.45, 2.75) is 19.8 Å². The van der Waals surface area contributed by atoms with Gasteiger partial charge in [0.1, 0.15) is 5.75 Å². The second-order valence-corrected chi connectivity index (χ2v) is 3.98. The maximum absolute atomic E-state index is 8.73. The molecule has 2 rings (SSSR count). The zero-order valence-corrected chi connectivity index (χ0v) is 10.3. The average Bonchev–Trinajstić information content (AvgIpc) is 2.78. The van der Waals surface area contributed by atoms with Gasteiger partial charge in [0.05, 0.1) is 19.6 Å². The van der Waals surface area contributed by atoms with Crippen LogP contribution in [0.15, 0.2) is 28.7 Å². The first kappa shape index (κ1) is 12.6. The Morgan fingerprint density at radius 3 is 2.72 bits per heavy atom. The van der Waals surface area contributed by atoms with Gasteiger partial charge in [-0.1, -0.05) is 12.1 Å². The molecule has 0 unspecified atom stereocenters. The van der Waals surface area contributed by atoms with E-state index < -0.39 is 0 Å². The first-order valence-electron chi connectivity index (χ1n) is 5.89. The normalized spacial score (nSPS) is 10.6. The van der Waals surface area contributed by atoms with Gasteiger partial charge in [-0.05, 0) is 24.6 Å². The van der Waals surface area contributed by atoms with Crippen molar-refractivity contribution in [1.29, 1.82) is 0 Å². The van der Waals surface area contributed by atoms with Crippen LogP contribution in [-0.4, -0.2) is 28.5 Å². The van der Waals surface area contributed by atoms with Crippen molar-refractivity contribution in [3.05, 3.63) is 41.6 Å². The molecular formula is C13H16N2O3. The number of aryl methyl sites for hydroxylation is 1. The summed E-state index contributed by atoms with van der Waals surface area (Å²) < 4.78 is 10.9. The lowest BCUT2D eigenvalue weighted by molar-refractivity contribution is 0.278. The van der Waals surface area contributed by atoms with E-state index in [9.17, 15) is 0 Å². The van der Waals surface area contributed by atoms with Gasteiger partial charge in [-0.2, -0.15) is 0 Å². The van der Waals surface area contributed by atoms with E-state index in [0.29, 0.717) is 31.2 Å². The molecule has 0 aliphatic rings. The molecule has 0 bridgehead atoms. The van der Waals surface area contributed by atoms with Gasteiger partial charge < -0.3 is 14.3 Å². The van der Waals surface area contributed by atoms with E-state index in [1.54, 1.807) is 0 Å². The molecule has 1 heterocycles. The van der Waals surface area contributed by atoms with Gasteiger partial charge in [-0.15, -0.1) is 10.2 Å². The van der Waals surface area contributed by atoms with E-state index in [4.69, 9.17) is 14.3 Å². The third kappa shape index (κ3) is 3.56. The Labute approximate surface area is 105 Å². The Hall–Kier alpha value is -1.88. The van der Waals surface area contributed by atoms with Crippen LogP contribution < -0.4 is 4.74 Å². The smallest absolute Gasteiger partial charge is 0.219 e. The topological polar surface area (TPSA) is 68.4 Å². The lowest BCUT2D eigenvalue weighted by Crippen LogP contribution is -2.01. The molecule has 2 aromatic rings. The number of nitrogens with zero attached hydrogens (tertiary/aromatic N) is 2. The summed E-state index contributed by atoms with van der Waals surface area (Å²) in [6.07, 6.45) is 0.956. The fourth-order valence-electron chi connectivity index (χ4n) is 1.55. The quantitative estimate of drug-likeness (QED) is 0.839. The number of hydrogen-bond donors (Lipinski definition) is 1. The van der Waals surface area contributed by atoms with Crippen LogP contribution in [0.25, 0.3) is 0 Å². The number of ether oxygens (including phenoxy) is 1. The summed E-state index contributed by atoms with van der Waals surface area (Å²) in [4.78, 5) is 0. The Kier molecular flexibility index (Phi) is 4.30. The lowest BCUT2D eigenvalue weighted by atomic mass is 10.2. The van der Waals surface area contributed by atoms with Crippen LogP contribution in [0.2, 0.25) is 0 Å². The van der Waals surface area contributed by atoms with Gasteiger partial charge in [-0.25, -0.2) is 0 Å². The zero-order valence-electron chi connectivity index (χ0n) is 10.3. The number of benzene rings is 1. The summed E-state index contributed by atoms with van der Waals surface area (Å²) in [6, 6.07) is 7.87. The highest BCUT2D eigenvalue weighted by atomic mass is 16.5. The Balaban J connectivity index is 1.81. The van der Waals surface area contributed by atoms with Crippen molar-refractivity contribution in [1.82, 2.24) is 10.2 Å². The molecule has 0 amide bonds. The minimum atomic E-state index is 0.0153. The Morgan fingerprint density at radius 2 is 2.00 bits per heavy atom. The fraction of sp³-hybridized carbons (Fsp3) is 0.385. The second kappa shape index (κ2) is 6.16. The molecule has 0 saturated heterocycles. The van der Waals surface area contributed by atoms with Crippen LogP contribution in [0, 0.1) is 6.92 Å². The van der Waals surface area contributed by atoms with E-state index in [-0.39, 0.29) is 6.61 Å². The van der Waals surface area contributed by atoms with Crippen molar-refractivity contribution >= 4 is 0 Å². The monoisotopic (exact) mass is 248 g/mol. The van der Waals surface area contributed by atoms with Crippen molar-refractivity contribution in [3.63, 3.8) is 0 Å². The summed E-state index contributed by atoms with van der Waals surface area (Å²) in [5.41, 5.74) is 1.16. The number of rotatable bonds is 6. The number of aliphatic hydroxyl groups is 1. The second-order valence-electron chi connectivity index (χ2n) is 3.98. The van der Waals surface area contributed by atoms with Crippen LogP contribution in [0.3, 0.4) is 0 Å². The molecule has 96 valence electrons. The van der Waals surface area contributed by atoms with E-state index in [1.807, 2.05) is 31.2 Å². The van der Waals surface area contributed by atoms with E-state index in [0.717, 1.165) is 11.3 Å². The molecule has 0 aliphatic carbocycles. The SMILES string of the molecule is Cc1cccc(OCCc2nnc(CCO)o2)c1. The molecule has 1 N–H and O–H groups in total. The lowest BCUT2D eigenvalue weighted by Gasteiger charge is -2.04. The third-order valence-corrected chi connectivity index (χ3v) is 2.41. The van der Waals surface area contributed by atoms with Gasteiger partial charge in [0, 0.05) is 6.42 Å². The average molecular weight is 248 g/mol. The largest absolute Gasteiger partial charge is 0.493 e. The highest BCUT2D eigenvalue weighted by molar-refractivity contribution is 5.27. The predicted molar refractivity (Wildman–Crippen MR) is 65.5 cm³/mol. The Morgan fingerprint density at radius 1 is 1.22 bits per heavy atom. The number of aliphatic hydroxyl groups excluding tert-OH is 1. The molecule has 0 atom stereocenters. The van der Waals surface area contributed by atoms with Crippen molar-refractivity contribution in [2.75, 3.05) is 13.2 Å². The zero-order chi connectivity index (χ0) is 12.8. The van der Waals surface area contributed by atoms with Crippen LogP contribution in [0.1, 0.15) is 17.3 Å². The summed E-state index contributed by atoms with van der Waals surface area (Å²) in [5.74, 6) is 1.83. The standard InChI is InChI=1S/C13H16N2O3/c1-10-3-2-4-11(9-10)17-8-6-13-15-14-12(18-13)5-7-16/h2-4,9,16H,5-8H2,1H3. The molecule has 18 heavy (non-hydrogen) atoms. The van der Waals surface area contributed by atoms with Crippen LogP contribution in [-0.2, 0) is 12.8 Å². The molecule has 0 saturated carbocycles. The molecule has 0 aliphatic heterocycles. The number of aromatic nitrogens is 2. The Bertz CT molecular complexity index is 496. The molecule has 0 fully saturated rings. The maximum Gasteiger partial charge on any atom is 0.219 e. The highest BCUT2D eigenvalue weighted by Gasteiger charge is 2.05. The first-order chi connectivity index (χ1) is 8.78. The highest BCUT2D eigenvalue weighted by Crippen LogP contribution is 2.12. The molecule has 1 aromatic carbocycles. The van der Waals surface area contributed by atoms with Gasteiger partial charge in [0.25, 0.3) is 0 Å². The molecule has 0 spiro atoms. The van der Waals surface area contributed by atoms with E-state index >= 15 is 0 Å². The van der Waals surface area contributed by atoms with Crippen LogP contribution in [0.5, 0.6) is 5.75 Å². The molecule has 5 heteroatoms. The minimum Gasteiger partial charge on any atom is -0.493 e. The first-order valence-corrected chi connectivity index (χ1v) is 5.89.